The highest BCUT2D eigenvalue weighted by atomic mass is 32.2. The zero-order valence-electron chi connectivity index (χ0n) is 15.1. The van der Waals surface area contributed by atoms with Gasteiger partial charge in [-0.15, -0.1) is 15.3 Å². The van der Waals surface area contributed by atoms with Crippen LogP contribution in [0.5, 0.6) is 11.5 Å². The molecule has 0 saturated heterocycles. The fourth-order valence-corrected chi connectivity index (χ4v) is 3.66. The summed E-state index contributed by atoms with van der Waals surface area (Å²) in [5, 5.41) is 39.8. The number of para-hydroxylation sites is 2. The number of hydrogen-bond acceptors (Lipinski definition) is 10. The molecule has 0 spiro atoms. The van der Waals surface area contributed by atoms with Crippen molar-refractivity contribution in [1.82, 2.24) is 0 Å². The molecule has 0 heterocycles. The number of nitriles is 1. The first-order valence-electron chi connectivity index (χ1n) is 7.64. The maximum absolute atomic E-state index is 11.6. The van der Waals surface area contributed by atoms with Gasteiger partial charge >= 0.3 is 0 Å². The van der Waals surface area contributed by atoms with E-state index in [1.807, 2.05) is 0 Å². The Kier molecular flexibility index (Phi) is 6.20. The first-order chi connectivity index (χ1) is 13.4. The van der Waals surface area contributed by atoms with Crippen LogP contribution in [0.15, 0.2) is 61.5 Å². The van der Waals surface area contributed by atoms with Crippen molar-refractivity contribution in [1.29, 1.82) is 5.26 Å². The number of rotatable bonds is 5. The minimum atomic E-state index is -3.70. The highest BCUT2D eigenvalue weighted by molar-refractivity contribution is 7.91. The van der Waals surface area contributed by atoms with Crippen LogP contribution in [-0.4, -0.2) is 45.4 Å². The van der Waals surface area contributed by atoms with E-state index in [0.29, 0.717) is 0 Å². The zero-order valence-corrected chi connectivity index (χ0v) is 16.7. The van der Waals surface area contributed by atoms with Crippen LogP contribution in [0.3, 0.4) is 0 Å². The molecule has 0 aromatic heterocycles. The van der Waals surface area contributed by atoms with Crippen molar-refractivity contribution >= 4 is 36.9 Å². The van der Waals surface area contributed by atoms with Crippen LogP contribution in [0.1, 0.15) is 0 Å². The van der Waals surface area contributed by atoms with Crippen LogP contribution < -0.4 is 5.43 Å². The van der Waals surface area contributed by atoms with Gasteiger partial charge < -0.3 is 10.2 Å². The molecule has 0 radical (unpaired) electrons. The molecule has 11 nitrogen and oxygen atoms in total. The number of anilines is 1. The van der Waals surface area contributed by atoms with E-state index >= 15 is 0 Å². The SMILES string of the molecule is CS(=O)(=O)c1cccc(N=NC(C#N)=NNc2cccc(S(C)(=O)=O)c2O)c1O. The molecule has 0 amide bonds. The Balaban J connectivity index is 2.33. The number of aromatic hydroxyl groups is 2. The van der Waals surface area contributed by atoms with Gasteiger partial charge in [-0.05, 0) is 24.3 Å². The summed E-state index contributed by atoms with van der Waals surface area (Å²) in [5.41, 5.74) is 1.99. The lowest BCUT2D eigenvalue weighted by Gasteiger charge is -2.07. The van der Waals surface area contributed by atoms with E-state index in [-0.39, 0.29) is 21.2 Å². The second-order valence-corrected chi connectivity index (χ2v) is 9.65. The summed E-state index contributed by atoms with van der Waals surface area (Å²) in [6.45, 7) is 0. The number of phenolic OH excluding ortho intramolecular Hbond substituents is 2. The van der Waals surface area contributed by atoms with Gasteiger partial charge in [-0.25, -0.2) is 16.8 Å². The van der Waals surface area contributed by atoms with E-state index < -0.39 is 37.0 Å². The van der Waals surface area contributed by atoms with Gasteiger partial charge in [-0.2, -0.15) is 5.26 Å². The molecule has 13 heteroatoms. The van der Waals surface area contributed by atoms with Crippen molar-refractivity contribution in [3.63, 3.8) is 0 Å². The summed E-state index contributed by atoms with van der Waals surface area (Å²) in [7, 11) is -7.39. The molecule has 152 valence electrons. The molecule has 2 aromatic rings. The standard InChI is InChI=1S/C16H15N5O6S2/c1-28(24,25)12-7-3-5-10(15(12)22)18-20-14(9-17)21-19-11-6-4-8-13(16(11)23)29(2,26)27/h3-8,18,22-23H,1-2H3. The number of nitrogens with one attached hydrogen (secondary N) is 1. The van der Waals surface area contributed by atoms with Crippen molar-refractivity contribution in [2.45, 2.75) is 9.79 Å². The predicted molar refractivity (Wildman–Crippen MR) is 104 cm³/mol. The molecule has 0 aliphatic rings. The summed E-state index contributed by atoms with van der Waals surface area (Å²) in [4.78, 5) is -0.689. The molecule has 0 saturated carbocycles. The second-order valence-electron chi connectivity index (χ2n) is 5.68. The third-order valence-electron chi connectivity index (χ3n) is 3.41. The summed E-state index contributed by atoms with van der Waals surface area (Å²) >= 11 is 0. The van der Waals surface area contributed by atoms with Crippen LogP contribution in [0, 0.1) is 11.3 Å². The minimum Gasteiger partial charge on any atom is -0.504 e. The molecule has 3 N–H and O–H groups in total. The smallest absolute Gasteiger partial charge is 0.270 e. The average molecular weight is 437 g/mol. The van der Waals surface area contributed by atoms with E-state index in [2.05, 4.69) is 20.8 Å². The number of hydrogen-bond donors (Lipinski definition) is 3. The maximum Gasteiger partial charge on any atom is 0.270 e. The second kappa shape index (κ2) is 8.25. The third-order valence-corrected chi connectivity index (χ3v) is 5.67. The van der Waals surface area contributed by atoms with Crippen molar-refractivity contribution in [3.8, 4) is 17.6 Å². The molecule has 0 fully saturated rings. The van der Waals surface area contributed by atoms with Gasteiger partial charge in [0, 0.05) is 12.5 Å². The first-order valence-corrected chi connectivity index (χ1v) is 11.4. The fourth-order valence-electron chi connectivity index (χ4n) is 2.09. The summed E-state index contributed by atoms with van der Waals surface area (Å²) in [5.74, 6) is -1.77. The largest absolute Gasteiger partial charge is 0.504 e. The van der Waals surface area contributed by atoms with Crippen molar-refractivity contribution in [3.05, 3.63) is 36.4 Å². The Morgan fingerprint density at radius 3 is 2.07 bits per heavy atom. The molecule has 0 bridgehead atoms. The summed E-state index contributed by atoms with van der Waals surface area (Å²) in [6.07, 6.45) is 1.83. The molecular formula is C16H15N5O6S2. The molecule has 0 aliphatic carbocycles. The number of amidine groups is 1. The fraction of sp³-hybridized carbons (Fsp3) is 0.125. The minimum absolute atomic E-state index is 0.0993. The highest BCUT2D eigenvalue weighted by Crippen LogP contribution is 2.33. The number of azo groups is 1. The van der Waals surface area contributed by atoms with E-state index in [0.717, 1.165) is 12.5 Å². The van der Waals surface area contributed by atoms with Gasteiger partial charge in [0.25, 0.3) is 5.84 Å². The van der Waals surface area contributed by atoms with E-state index in [9.17, 15) is 27.0 Å². The topological polar surface area (TPSA) is 182 Å². The van der Waals surface area contributed by atoms with E-state index in [1.54, 1.807) is 6.07 Å². The highest BCUT2D eigenvalue weighted by Gasteiger charge is 2.17. The van der Waals surface area contributed by atoms with Gasteiger partial charge in [-0.3, -0.25) is 5.43 Å². The monoisotopic (exact) mass is 437 g/mol. The van der Waals surface area contributed by atoms with Gasteiger partial charge in [0.15, 0.2) is 31.2 Å². The quantitative estimate of drug-likeness (QED) is 0.208. The molecule has 0 atom stereocenters. The Labute approximate surface area is 166 Å². The Bertz CT molecular complexity index is 1260. The van der Waals surface area contributed by atoms with E-state index in [1.165, 1.54) is 36.4 Å². The maximum atomic E-state index is 11.6. The lowest BCUT2D eigenvalue weighted by Crippen LogP contribution is -2.01. The van der Waals surface area contributed by atoms with Crippen LogP contribution in [0.25, 0.3) is 0 Å². The summed E-state index contributed by atoms with van der Waals surface area (Å²) < 4.78 is 46.4. The van der Waals surface area contributed by atoms with Gasteiger partial charge in [0.2, 0.25) is 0 Å². The Morgan fingerprint density at radius 1 is 0.966 bits per heavy atom. The van der Waals surface area contributed by atoms with Crippen LogP contribution in [0.2, 0.25) is 0 Å². The van der Waals surface area contributed by atoms with Gasteiger partial charge in [0.1, 0.15) is 21.5 Å². The Morgan fingerprint density at radius 2 is 1.52 bits per heavy atom. The molecule has 0 aliphatic heterocycles. The molecule has 29 heavy (non-hydrogen) atoms. The molecule has 0 unspecified atom stereocenters. The number of benzene rings is 2. The number of sulfone groups is 2. The van der Waals surface area contributed by atoms with E-state index in [4.69, 9.17) is 5.26 Å². The average Bonchev–Trinajstić information content (AvgIpc) is 2.62. The normalized spacial score (nSPS) is 12.7. The first kappa shape index (κ1) is 21.8. The zero-order chi connectivity index (χ0) is 21.8. The lowest BCUT2D eigenvalue weighted by molar-refractivity contribution is 0.460. The van der Waals surface area contributed by atoms with Crippen LogP contribution >= 0.6 is 0 Å². The number of phenols is 2. The van der Waals surface area contributed by atoms with Gasteiger partial charge in [0.05, 0.1) is 5.69 Å². The van der Waals surface area contributed by atoms with Gasteiger partial charge in [-0.1, -0.05) is 12.1 Å². The van der Waals surface area contributed by atoms with Crippen molar-refractivity contribution < 1.29 is 27.0 Å². The third kappa shape index (κ3) is 5.27. The van der Waals surface area contributed by atoms with Crippen molar-refractivity contribution in [2.24, 2.45) is 15.3 Å². The molecule has 2 rings (SSSR count). The molecular weight excluding hydrogens is 422 g/mol. The number of nitrogens with zero attached hydrogens (tertiary/aromatic N) is 4. The van der Waals surface area contributed by atoms with Crippen molar-refractivity contribution in [2.75, 3.05) is 17.9 Å². The predicted octanol–water partition coefficient (Wildman–Crippen LogP) is 1.94. The van der Waals surface area contributed by atoms with Crippen LogP contribution in [-0.2, 0) is 19.7 Å². The molecule has 2 aromatic carbocycles. The van der Waals surface area contributed by atoms with Crippen LogP contribution in [0.4, 0.5) is 11.4 Å². The lowest BCUT2D eigenvalue weighted by atomic mass is 10.3. The number of hydrazone groups is 1. The Hall–Kier alpha value is -3.50. The summed E-state index contributed by atoms with van der Waals surface area (Å²) in [6, 6.07) is 9.26.